The van der Waals surface area contributed by atoms with E-state index in [4.69, 9.17) is 9.47 Å². The molecule has 0 saturated heterocycles. The fourth-order valence-electron chi connectivity index (χ4n) is 2.65. The highest BCUT2D eigenvalue weighted by Crippen LogP contribution is 2.29. The molecule has 5 nitrogen and oxygen atoms in total. The molecule has 7 heteroatoms. The highest BCUT2D eigenvalue weighted by atomic mass is 32.1. The van der Waals surface area contributed by atoms with Gasteiger partial charge < -0.3 is 14.8 Å². The van der Waals surface area contributed by atoms with E-state index in [9.17, 15) is 9.18 Å². The van der Waals surface area contributed by atoms with Gasteiger partial charge in [0.2, 0.25) is 0 Å². The van der Waals surface area contributed by atoms with Crippen LogP contribution in [0, 0.1) is 12.7 Å². The maximum atomic E-state index is 13.7. The minimum Gasteiger partial charge on any atom is -0.467 e. The lowest BCUT2D eigenvalue weighted by Crippen LogP contribution is -2.26. The number of halogens is 1. The number of thiazole rings is 1. The SMILES string of the molecule is CCc1nc(C)c(C(=O)NCCc2cc(F)cc3c2OCOC3)s1. The molecule has 1 aromatic carbocycles. The Morgan fingerprint density at radius 2 is 2.29 bits per heavy atom. The van der Waals surface area contributed by atoms with E-state index in [0.29, 0.717) is 35.8 Å². The van der Waals surface area contributed by atoms with Crippen molar-refractivity contribution in [3.63, 3.8) is 0 Å². The van der Waals surface area contributed by atoms with E-state index in [2.05, 4.69) is 10.3 Å². The fourth-order valence-corrected chi connectivity index (χ4v) is 3.57. The monoisotopic (exact) mass is 350 g/mol. The van der Waals surface area contributed by atoms with Crippen molar-refractivity contribution in [3.8, 4) is 5.75 Å². The molecule has 1 amide bonds. The zero-order valence-electron chi connectivity index (χ0n) is 13.6. The summed E-state index contributed by atoms with van der Waals surface area (Å²) in [6.07, 6.45) is 1.30. The smallest absolute Gasteiger partial charge is 0.263 e. The molecule has 0 aliphatic carbocycles. The summed E-state index contributed by atoms with van der Waals surface area (Å²) in [6.45, 7) is 4.75. The van der Waals surface area contributed by atoms with Crippen molar-refractivity contribution in [3.05, 3.63) is 44.7 Å². The lowest BCUT2D eigenvalue weighted by atomic mass is 10.1. The molecule has 2 aromatic rings. The maximum absolute atomic E-state index is 13.7. The van der Waals surface area contributed by atoms with Crippen LogP contribution in [0.5, 0.6) is 5.75 Å². The second-order valence-electron chi connectivity index (χ2n) is 5.55. The number of nitrogens with zero attached hydrogens (tertiary/aromatic N) is 1. The number of carbonyl (C=O) groups is 1. The molecular weight excluding hydrogens is 331 g/mol. The Morgan fingerprint density at radius 1 is 1.46 bits per heavy atom. The summed E-state index contributed by atoms with van der Waals surface area (Å²) in [5.41, 5.74) is 2.19. The van der Waals surface area contributed by atoms with Crippen molar-refractivity contribution in [2.45, 2.75) is 33.3 Å². The van der Waals surface area contributed by atoms with Crippen LogP contribution in [0.25, 0.3) is 0 Å². The molecule has 1 aliphatic rings. The molecule has 0 fully saturated rings. The van der Waals surface area contributed by atoms with E-state index >= 15 is 0 Å². The van der Waals surface area contributed by atoms with Crippen LogP contribution in [0.15, 0.2) is 12.1 Å². The number of fused-ring (bicyclic) bond motifs is 1. The summed E-state index contributed by atoms with van der Waals surface area (Å²) in [5, 5.41) is 3.82. The first-order valence-electron chi connectivity index (χ1n) is 7.84. The molecule has 1 aliphatic heterocycles. The van der Waals surface area contributed by atoms with E-state index in [-0.39, 0.29) is 18.5 Å². The van der Waals surface area contributed by atoms with Crippen molar-refractivity contribution in [1.82, 2.24) is 10.3 Å². The van der Waals surface area contributed by atoms with Gasteiger partial charge in [0.25, 0.3) is 5.91 Å². The van der Waals surface area contributed by atoms with Crippen LogP contribution in [-0.2, 0) is 24.2 Å². The summed E-state index contributed by atoms with van der Waals surface area (Å²) in [5.74, 6) is 0.202. The van der Waals surface area contributed by atoms with Gasteiger partial charge >= 0.3 is 0 Å². The van der Waals surface area contributed by atoms with Crippen LogP contribution in [0.1, 0.15) is 38.4 Å². The fraction of sp³-hybridized carbons (Fsp3) is 0.412. The molecule has 1 N–H and O–H groups in total. The van der Waals surface area contributed by atoms with E-state index in [1.807, 2.05) is 13.8 Å². The Hall–Kier alpha value is -1.99. The van der Waals surface area contributed by atoms with Gasteiger partial charge in [0.1, 0.15) is 16.4 Å². The van der Waals surface area contributed by atoms with Gasteiger partial charge in [-0.25, -0.2) is 9.37 Å². The Kier molecular flexibility index (Phi) is 5.11. The molecule has 0 atom stereocenters. The van der Waals surface area contributed by atoms with Crippen molar-refractivity contribution in [1.29, 1.82) is 0 Å². The van der Waals surface area contributed by atoms with Crippen molar-refractivity contribution < 1.29 is 18.7 Å². The van der Waals surface area contributed by atoms with Crippen LogP contribution >= 0.6 is 11.3 Å². The van der Waals surface area contributed by atoms with Gasteiger partial charge in [0, 0.05) is 12.1 Å². The van der Waals surface area contributed by atoms with Gasteiger partial charge in [-0.3, -0.25) is 4.79 Å². The van der Waals surface area contributed by atoms with Crippen LogP contribution < -0.4 is 10.1 Å². The van der Waals surface area contributed by atoms with Gasteiger partial charge in [0.05, 0.1) is 17.3 Å². The molecule has 128 valence electrons. The molecule has 0 radical (unpaired) electrons. The number of aryl methyl sites for hydroxylation is 2. The van der Waals surface area contributed by atoms with Crippen molar-refractivity contribution >= 4 is 17.2 Å². The van der Waals surface area contributed by atoms with Gasteiger partial charge in [-0.1, -0.05) is 6.92 Å². The van der Waals surface area contributed by atoms with Crippen molar-refractivity contribution in [2.24, 2.45) is 0 Å². The summed E-state index contributed by atoms with van der Waals surface area (Å²) < 4.78 is 24.3. The second-order valence-corrected chi connectivity index (χ2v) is 6.63. The molecule has 1 aromatic heterocycles. The minimum absolute atomic E-state index is 0.140. The molecule has 0 spiro atoms. The molecule has 0 unspecified atom stereocenters. The standard InChI is InChI=1S/C17H19FN2O3S/c1-3-14-20-10(2)16(24-14)17(21)19-5-4-11-6-13(18)7-12-8-22-9-23-15(11)12/h6-7H,3-5,8-9H2,1-2H3,(H,19,21). The number of hydrogen-bond acceptors (Lipinski definition) is 5. The molecular formula is C17H19FN2O3S. The summed E-state index contributed by atoms with van der Waals surface area (Å²) in [7, 11) is 0. The van der Waals surface area contributed by atoms with Gasteiger partial charge in [-0.2, -0.15) is 0 Å². The average molecular weight is 350 g/mol. The van der Waals surface area contributed by atoms with E-state index in [1.165, 1.54) is 23.5 Å². The first-order chi connectivity index (χ1) is 11.6. The first kappa shape index (κ1) is 16.9. The zero-order valence-corrected chi connectivity index (χ0v) is 14.5. The Balaban J connectivity index is 1.65. The number of carbonyl (C=O) groups excluding carboxylic acids is 1. The number of rotatable bonds is 5. The van der Waals surface area contributed by atoms with Gasteiger partial charge in [0.15, 0.2) is 6.79 Å². The highest BCUT2D eigenvalue weighted by Gasteiger charge is 2.18. The van der Waals surface area contributed by atoms with Gasteiger partial charge in [-0.15, -0.1) is 11.3 Å². The largest absolute Gasteiger partial charge is 0.467 e. The number of nitrogens with one attached hydrogen (secondary N) is 1. The number of benzene rings is 1. The third-order valence-electron chi connectivity index (χ3n) is 3.78. The second kappa shape index (κ2) is 7.27. The first-order valence-corrected chi connectivity index (χ1v) is 8.66. The lowest BCUT2D eigenvalue weighted by molar-refractivity contribution is -0.0172. The Bertz CT molecular complexity index is 761. The third-order valence-corrected chi connectivity index (χ3v) is 5.08. The Labute approximate surface area is 143 Å². The van der Waals surface area contributed by atoms with E-state index in [0.717, 1.165) is 22.7 Å². The quantitative estimate of drug-likeness (QED) is 0.901. The average Bonchev–Trinajstić information content (AvgIpc) is 2.95. The molecule has 0 saturated carbocycles. The van der Waals surface area contributed by atoms with E-state index < -0.39 is 0 Å². The number of amides is 1. The van der Waals surface area contributed by atoms with Crippen LogP contribution in [0.4, 0.5) is 4.39 Å². The van der Waals surface area contributed by atoms with Gasteiger partial charge in [-0.05, 0) is 37.5 Å². The summed E-state index contributed by atoms with van der Waals surface area (Å²) >= 11 is 1.41. The van der Waals surface area contributed by atoms with Crippen LogP contribution in [0.3, 0.4) is 0 Å². The predicted octanol–water partition coefficient (Wildman–Crippen LogP) is 2.99. The lowest BCUT2D eigenvalue weighted by Gasteiger charge is -2.20. The van der Waals surface area contributed by atoms with Crippen LogP contribution in [0.2, 0.25) is 0 Å². The number of ether oxygens (including phenoxy) is 2. The summed E-state index contributed by atoms with van der Waals surface area (Å²) in [6, 6.07) is 2.87. The third kappa shape index (κ3) is 3.57. The van der Waals surface area contributed by atoms with Crippen molar-refractivity contribution in [2.75, 3.05) is 13.3 Å². The maximum Gasteiger partial charge on any atom is 0.263 e. The normalized spacial score (nSPS) is 13.3. The van der Waals surface area contributed by atoms with Crippen LogP contribution in [-0.4, -0.2) is 24.2 Å². The number of aromatic nitrogens is 1. The molecule has 24 heavy (non-hydrogen) atoms. The topological polar surface area (TPSA) is 60.5 Å². The molecule has 3 rings (SSSR count). The number of hydrogen-bond donors (Lipinski definition) is 1. The minimum atomic E-state index is -0.324. The highest BCUT2D eigenvalue weighted by molar-refractivity contribution is 7.13. The zero-order chi connectivity index (χ0) is 17.1. The predicted molar refractivity (Wildman–Crippen MR) is 89.0 cm³/mol. The molecule has 0 bridgehead atoms. The molecule has 2 heterocycles. The summed E-state index contributed by atoms with van der Waals surface area (Å²) in [4.78, 5) is 17.3. The van der Waals surface area contributed by atoms with E-state index in [1.54, 1.807) is 0 Å². The Morgan fingerprint density at radius 3 is 3.04 bits per heavy atom.